The minimum atomic E-state index is -0.273. The monoisotopic (exact) mass is 370 g/mol. The average molecular weight is 370 g/mol. The Morgan fingerprint density at radius 3 is 2.93 bits per heavy atom. The van der Waals surface area contributed by atoms with E-state index < -0.39 is 0 Å². The molecule has 144 valence electrons. The number of amides is 2. The highest BCUT2D eigenvalue weighted by Gasteiger charge is 2.27. The van der Waals surface area contributed by atoms with E-state index in [9.17, 15) is 4.79 Å². The Morgan fingerprint density at radius 1 is 1.26 bits per heavy atom. The van der Waals surface area contributed by atoms with Crippen LogP contribution in [0, 0.1) is 0 Å². The van der Waals surface area contributed by atoms with Crippen molar-refractivity contribution in [3.8, 4) is 0 Å². The van der Waals surface area contributed by atoms with Gasteiger partial charge in [-0.3, -0.25) is 10.00 Å². The molecule has 2 aromatic heterocycles. The van der Waals surface area contributed by atoms with Crippen molar-refractivity contribution in [3.05, 3.63) is 35.5 Å². The Kier molecular flexibility index (Phi) is 5.33. The number of hydrogen-bond donors (Lipinski definition) is 2. The second kappa shape index (κ2) is 8.04. The molecular formula is C19H26N6O2. The van der Waals surface area contributed by atoms with Crippen molar-refractivity contribution in [1.82, 2.24) is 25.1 Å². The van der Waals surface area contributed by atoms with Crippen LogP contribution in [-0.4, -0.2) is 32.9 Å². The summed E-state index contributed by atoms with van der Waals surface area (Å²) in [4.78, 5) is 20.7. The van der Waals surface area contributed by atoms with Crippen molar-refractivity contribution in [2.75, 3.05) is 12.4 Å². The fourth-order valence-electron chi connectivity index (χ4n) is 4.06. The summed E-state index contributed by atoms with van der Waals surface area (Å²) in [5, 5.41) is 10.7. The summed E-state index contributed by atoms with van der Waals surface area (Å²) in [6, 6.07) is 1.90. The Hall–Kier alpha value is -2.48. The van der Waals surface area contributed by atoms with Crippen molar-refractivity contribution in [3.63, 3.8) is 0 Å². The number of nitrogens with one attached hydrogen (secondary N) is 2. The zero-order valence-electron chi connectivity index (χ0n) is 15.6. The molecule has 0 aromatic carbocycles. The predicted molar refractivity (Wildman–Crippen MR) is 100 cm³/mol. The number of methoxy groups -OCH3 is 1. The summed E-state index contributed by atoms with van der Waals surface area (Å²) >= 11 is 0. The van der Waals surface area contributed by atoms with E-state index in [4.69, 9.17) is 9.84 Å². The van der Waals surface area contributed by atoms with Gasteiger partial charge < -0.3 is 10.1 Å². The van der Waals surface area contributed by atoms with E-state index in [2.05, 4.69) is 31.5 Å². The maximum Gasteiger partial charge on any atom is 0.320 e. The van der Waals surface area contributed by atoms with Crippen molar-refractivity contribution < 1.29 is 9.53 Å². The Labute approximate surface area is 158 Å². The van der Waals surface area contributed by atoms with Crippen LogP contribution in [0.1, 0.15) is 67.6 Å². The van der Waals surface area contributed by atoms with Crippen molar-refractivity contribution in [2.45, 2.75) is 63.6 Å². The van der Waals surface area contributed by atoms with Gasteiger partial charge in [0.25, 0.3) is 0 Å². The maximum atomic E-state index is 12.5. The van der Waals surface area contributed by atoms with Crippen LogP contribution in [0.2, 0.25) is 0 Å². The van der Waals surface area contributed by atoms with Gasteiger partial charge in [-0.1, -0.05) is 12.8 Å². The lowest BCUT2D eigenvalue weighted by Gasteiger charge is -2.22. The van der Waals surface area contributed by atoms with Gasteiger partial charge in [0.2, 0.25) is 0 Å². The molecule has 0 spiro atoms. The molecule has 2 aromatic rings. The number of carbonyl (C=O) groups excluding carboxylic acids is 1. The minimum Gasteiger partial charge on any atom is -0.378 e. The van der Waals surface area contributed by atoms with E-state index in [0.29, 0.717) is 18.5 Å². The Bertz CT molecular complexity index is 799. The third kappa shape index (κ3) is 4.10. The van der Waals surface area contributed by atoms with Crippen LogP contribution >= 0.6 is 0 Å². The number of carbonyl (C=O) groups is 1. The number of nitrogens with zero attached hydrogens (tertiary/aromatic N) is 4. The summed E-state index contributed by atoms with van der Waals surface area (Å²) in [5.41, 5.74) is 3.01. The summed E-state index contributed by atoms with van der Waals surface area (Å²) in [5.74, 6) is 0.460. The molecule has 2 aliphatic carbocycles. The molecule has 0 unspecified atom stereocenters. The summed E-state index contributed by atoms with van der Waals surface area (Å²) < 4.78 is 7.20. The van der Waals surface area contributed by atoms with Gasteiger partial charge >= 0.3 is 6.03 Å². The van der Waals surface area contributed by atoms with E-state index in [1.807, 2.05) is 0 Å². The van der Waals surface area contributed by atoms with Crippen molar-refractivity contribution >= 4 is 11.8 Å². The van der Waals surface area contributed by atoms with Crippen LogP contribution in [0.5, 0.6) is 0 Å². The zero-order valence-corrected chi connectivity index (χ0v) is 15.6. The van der Waals surface area contributed by atoms with Crippen LogP contribution in [0.3, 0.4) is 0 Å². The molecule has 8 nitrogen and oxygen atoms in total. The Morgan fingerprint density at radius 2 is 2.11 bits per heavy atom. The minimum absolute atomic E-state index is 0.0586. The van der Waals surface area contributed by atoms with Crippen molar-refractivity contribution in [1.29, 1.82) is 0 Å². The van der Waals surface area contributed by atoms with Crippen LogP contribution < -0.4 is 10.6 Å². The van der Waals surface area contributed by atoms with Crippen molar-refractivity contribution in [2.24, 2.45) is 0 Å². The lowest BCUT2D eigenvalue weighted by atomic mass is 9.94. The van der Waals surface area contributed by atoms with Gasteiger partial charge in [-0.15, -0.1) is 0 Å². The highest BCUT2D eigenvalue weighted by Crippen LogP contribution is 2.33. The first kappa shape index (κ1) is 17.9. The van der Waals surface area contributed by atoms with Gasteiger partial charge in [0, 0.05) is 19.4 Å². The van der Waals surface area contributed by atoms with E-state index in [-0.39, 0.29) is 12.1 Å². The summed E-state index contributed by atoms with van der Waals surface area (Å²) in [7, 11) is 1.60. The first-order chi connectivity index (χ1) is 13.2. The van der Waals surface area contributed by atoms with Gasteiger partial charge in [-0.2, -0.15) is 5.10 Å². The fourth-order valence-corrected chi connectivity index (χ4v) is 4.06. The molecular weight excluding hydrogens is 344 g/mol. The number of hydrogen-bond acceptors (Lipinski definition) is 5. The molecule has 0 aliphatic heterocycles. The molecule has 2 amide bonds. The number of urea groups is 1. The molecule has 8 heteroatoms. The molecule has 0 saturated heterocycles. The average Bonchev–Trinajstić information content (AvgIpc) is 3.32. The van der Waals surface area contributed by atoms with Crippen LogP contribution in [0.15, 0.2) is 18.6 Å². The number of aryl methyl sites for hydroxylation is 1. The first-order valence-corrected chi connectivity index (χ1v) is 9.68. The van der Waals surface area contributed by atoms with E-state index in [1.165, 1.54) is 37.6 Å². The number of rotatable bonds is 5. The second-order valence-electron chi connectivity index (χ2n) is 7.33. The van der Waals surface area contributed by atoms with Gasteiger partial charge in [-0.05, 0) is 37.7 Å². The molecule has 2 heterocycles. The normalized spacial score (nSPS) is 19.7. The lowest BCUT2D eigenvalue weighted by molar-refractivity contribution is 0.181. The predicted octanol–water partition coefficient (Wildman–Crippen LogP) is 3.13. The topological polar surface area (TPSA) is 94.0 Å². The van der Waals surface area contributed by atoms with Gasteiger partial charge in [0.05, 0.1) is 30.1 Å². The number of fused-ring (bicyclic) bond motifs is 1. The number of ether oxygens (including phenoxy) is 1. The third-order valence-corrected chi connectivity index (χ3v) is 5.37. The highest BCUT2D eigenvalue weighted by molar-refractivity contribution is 5.88. The van der Waals surface area contributed by atoms with Crippen LogP contribution in [0.4, 0.5) is 10.6 Å². The highest BCUT2D eigenvalue weighted by atomic mass is 16.5. The van der Waals surface area contributed by atoms with Gasteiger partial charge in [0.1, 0.15) is 12.1 Å². The fraction of sp³-hybridized carbons (Fsp3) is 0.579. The number of aromatic nitrogens is 4. The largest absolute Gasteiger partial charge is 0.378 e. The van der Waals surface area contributed by atoms with E-state index in [1.54, 1.807) is 13.2 Å². The standard InChI is InChI=1S/C19H26N6O2/c1-27-11-14-9-17(21-12-20-14)23-19(26)22-16-8-4-5-13-10-25(24-18(13)16)15-6-2-3-7-15/h9-10,12,15-16H,2-8,11H2,1H3,(H2,20,21,22,23,26)/t16-/m1/s1. The Balaban J connectivity index is 1.42. The first-order valence-electron chi connectivity index (χ1n) is 9.68. The number of anilines is 1. The molecule has 1 atom stereocenters. The smallest absolute Gasteiger partial charge is 0.320 e. The summed E-state index contributed by atoms with van der Waals surface area (Å²) in [6.07, 6.45) is 11.6. The molecule has 4 rings (SSSR count). The molecule has 0 bridgehead atoms. The summed E-state index contributed by atoms with van der Waals surface area (Å²) in [6.45, 7) is 0.378. The molecule has 0 radical (unpaired) electrons. The second-order valence-corrected chi connectivity index (χ2v) is 7.33. The van der Waals surface area contributed by atoms with Crippen LogP contribution in [0.25, 0.3) is 0 Å². The molecule has 2 N–H and O–H groups in total. The van der Waals surface area contributed by atoms with Gasteiger partial charge in [-0.25, -0.2) is 14.8 Å². The lowest BCUT2D eigenvalue weighted by Crippen LogP contribution is -2.34. The van der Waals surface area contributed by atoms with Gasteiger partial charge in [0.15, 0.2) is 0 Å². The van der Waals surface area contributed by atoms with E-state index in [0.717, 1.165) is 30.7 Å². The molecule has 1 fully saturated rings. The van der Waals surface area contributed by atoms with E-state index >= 15 is 0 Å². The molecule has 1 saturated carbocycles. The molecule has 2 aliphatic rings. The third-order valence-electron chi connectivity index (χ3n) is 5.37. The quantitative estimate of drug-likeness (QED) is 0.843. The SMILES string of the molecule is COCc1cc(NC(=O)N[C@@H]2CCCc3cn(C4CCCC4)nc32)ncn1. The zero-order chi connectivity index (χ0) is 18.6. The molecule has 27 heavy (non-hydrogen) atoms. The maximum absolute atomic E-state index is 12.5. The van der Waals surface area contributed by atoms with Crippen LogP contribution in [-0.2, 0) is 17.8 Å².